The second kappa shape index (κ2) is 6.00. The maximum Gasteiger partial charge on any atom is 0.345 e. The number of hydrogen-bond acceptors (Lipinski definition) is 6. The number of aromatic carboxylic acids is 1. The minimum atomic E-state index is -3.70. The highest BCUT2D eigenvalue weighted by molar-refractivity contribution is 7.91. The average molecular weight is 332 g/mol. The highest BCUT2D eigenvalue weighted by Crippen LogP contribution is 2.22. The number of nitrogens with zero attached hydrogens (tertiary/aromatic N) is 1. The molecule has 0 aliphatic carbocycles. The van der Waals surface area contributed by atoms with E-state index in [1.54, 1.807) is 6.20 Å². The molecule has 0 atom stereocenters. The van der Waals surface area contributed by atoms with E-state index in [2.05, 4.69) is 9.71 Å². The zero-order valence-corrected chi connectivity index (χ0v) is 12.9. The largest absolute Gasteiger partial charge is 0.477 e. The molecule has 2 N–H and O–H groups in total. The molecule has 20 heavy (non-hydrogen) atoms. The lowest BCUT2D eigenvalue weighted by molar-refractivity contribution is 0.0702. The fraction of sp³-hybridized carbons (Fsp3) is 0.273. The first-order chi connectivity index (χ1) is 9.42. The van der Waals surface area contributed by atoms with Crippen LogP contribution < -0.4 is 4.72 Å². The number of hydrogen-bond donors (Lipinski definition) is 2. The summed E-state index contributed by atoms with van der Waals surface area (Å²) in [6, 6.07) is 2.57. The first kappa shape index (κ1) is 15.1. The summed E-state index contributed by atoms with van der Waals surface area (Å²) in [6.45, 7) is 2.11. The Labute approximate surface area is 124 Å². The van der Waals surface area contributed by atoms with Gasteiger partial charge in [-0.2, -0.15) is 0 Å². The summed E-state index contributed by atoms with van der Waals surface area (Å²) in [6.07, 6.45) is 2.58. The van der Waals surface area contributed by atoms with Crippen LogP contribution in [0, 0.1) is 0 Å². The lowest BCUT2D eigenvalue weighted by Gasteiger charge is -2.01. The van der Waals surface area contributed by atoms with Crippen molar-refractivity contribution in [1.82, 2.24) is 9.71 Å². The Morgan fingerprint density at radius 3 is 2.70 bits per heavy atom. The number of aromatic nitrogens is 1. The van der Waals surface area contributed by atoms with Crippen molar-refractivity contribution >= 4 is 38.7 Å². The highest BCUT2D eigenvalue weighted by Gasteiger charge is 2.19. The van der Waals surface area contributed by atoms with Gasteiger partial charge in [-0.15, -0.1) is 22.7 Å². The topological polar surface area (TPSA) is 96.4 Å². The molecule has 9 heteroatoms. The zero-order valence-electron chi connectivity index (χ0n) is 10.5. The van der Waals surface area contributed by atoms with E-state index in [0.29, 0.717) is 5.01 Å². The summed E-state index contributed by atoms with van der Waals surface area (Å²) < 4.78 is 26.4. The zero-order chi connectivity index (χ0) is 14.8. The Bertz CT molecular complexity index is 718. The molecule has 0 bridgehead atoms. The summed E-state index contributed by atoms with van der Waals surface area (Å²) in [4.78, 5) is 15.9. The van der Waals surface area contributed by atoms with Gasteiger partial charge < -0.3 is 5.11 Å². The predicted octanol–water partition coefficient (Wildman–Crippen LogP) is 1.94. The maximum absolute atomic E-state index is 12.0. The van der Waals surface area contributed by atoms with E-state index in [-0.39, 0.29) is 15.6 Å². The van der Waals surface area contributed by atoms with E-state index in [0.717, 1.165) is 22.6 Å². The van der Waals surface area contributed by atoms with Crippen molar-refractivity contribution in [3.05, 3.63) is 33.1 Å². The van der Waals surface area contributed by atoms with Gasteiger partial charge in [0.2, 0.25) is 10.0 Å². The molecular formula is C11H12N2O4S3. The molecule has 0 aliphatic heterocycles. The SMILES string of the molecule is CCc1cnc(CNS(=O)(=O)c2ccc(C(=O)O)s2)s1. The van der Waals surface area contributed by atoms with Crippen molar-refractivity contribution in [2.45, 2.75) is 24.1 Å². The van der Waals surface area contributed by atoms with Crippen molar-refractivity contribution in [2.75, 3.05) is 0 Å². The van der Waals surface area contributed by atoms with Gasteiger partial charge in [-0.1, -0.05) is 6.92 Å². The number of carboxylic acid groups (broad SMARTS) is 1. The maximum atomic E-state index is 12.0. The standard InChI is InChI=1S/C11H12N2O4S3/c1-2-7-5-12-9(18-7)6-13-20(16,17)10-4-3-8(19-10)11(14)15/h3-5,13H,2,6H2,1H3,(H,14,15). The van der Waals surface area contributed by atoms with Crippen molar-refractivity contribution in [2.24, 2.45) is 0 Å². The molecule has 6 nitrogen and oxygen atoms in total. The number of rotatable bonds is 6. The molecule has 0 spiro atoms. The van der Waals surface area contributed by atoms with Crippen LogP contribution >= 0.6 is 22.7 Å². The molecule has 2 rings (SSSR count). The Morgan fingerprint density at radius 1 is 1.40 bits per heavy atom. The van der Waals surface area contributed by atoms with Crippen LogP contribution in [-0.2, 0) is 23.0 Å². The lowest BCUT2D eigenvalue weighted by atomic mass is 10.4. The van der Waals surface area contributed by atoms with Crippen LogP contribution in [0.3, 0.4) is 0 Å². The van der Waals surface area contributed by atoms with Crippen molar-refractivity contribution < 1.29 is 18.3 Å². The Hall–Kier alpha value is -1.29. The summed E-state index contributed by atoms with van der Waals surface area (Å²) in [5.74, 6) is -1.14. The second-order valence-electron chi connectivity index (χ2n) is 3.82. The van der Waals surface area contributed by atoms with Crippen molar-refractivity contribution in [3.8, 4) is 0 Å². The number of thiazole rings is 1. The smallest absolute Gasteiger partial charge is 0.345 e. The lowest BCUT2D eigenvalue weighted by Crippen LogP contribution is -2.22. The number of aryl methyl sites for hydroxylation is 1. The molecule has 2 heterocycles. The quantitative estimate of drug-likeness (QED) is 0.843. The highest BCUT2D eigenvalue weighted by atomic mass is 32.2. The van der Waals surface area contributed by atoms with E-state index >= 15 is 0 Å². The first-order valence-electron chi connectivity index (χ1n) is 5.68. The van der Waals surface area contributed by atoms with Crippen LogP contribution in [0.2, 0.25) is 0 Å². The van der Waals surface area contributed by atoms with Crippen molar-refractivity contribution in [1.29, 1.82) is 0 Å². The van der Waals surface area contributed by atoms with E-state index in [1.165, 1.54) is 23.5 Å². The number of thiophene rings is 1. The second-order valence-corrected chi connectivity index (χ2v) is 8.10. The van der Waals surface area contributed by atoms with Gasteiger partial charge >= 0.3 is 5.97 Å². The molecule has 0 saturated carbocycles. The Kier molecular flexibility index (Phi) is 4.53. The van der Waals surface area contributed by atoms with Gasteiger partial charge in [-0.05, 0) is 18.6 Å². The minimum absolute atomic E-state index is 0.00658. The summed E-state index contributed by atoms with van der Waals surface area (Å²) in [5.41, 5.74) is 0. The van der Waals surface area contributed by atoms with Gasteiger partial charge in [0.25, 0.3) is 0 Å². The Balaban J connectivity index is 2.08. The number of nitrogens with one attached hydrogen (secondary N) is 1. The minimum Gasteiger partial charge on any atom is -0.477 e. The third-order valence-electron chi connectivity index (χ3n) is 2.42. The van der Waals surface area contributed by atoms with Crippen LogP contribution in [0.4, 0.5) is 0 Å². The molecule has 2 aromatic heterocycles. The van der Waals surface area contributed by atoms with Gasteiger partial charge in [-0.3, -0.25) is 0 Å². The van der Waals surface area contributed by atoms with Gasteiger partial charge in [0.05, 0.1) is 6.54 Å². The van der Waals surface area contributed by atoms with E-state index in [9.17, 15) is 13.2 Å². The molecule has 0 aliphatic rings. The summed E-state index contributed by atoms with van der Waals surface area (Å²) in [7, 11) is -3.70. The van der Waals surface area contributed by atoms with Gasteiger partial charge in [0.15, 0.2) is 0 Å². The van der Waals surface area contributed by atoms with Crippen LogP contribution in [0.1, 0.15) is 26.5 Å². The number of carboxylic acids is 1. The van der Waals surface area contributed by atoms with E-state index in [4.69, 9.17) is 5.11 Å². The van der Waals surface area contributed by atoms with Crippen LogP contribution in [-0.4, -0.2) is 24.5 Å². The van der Waals surface area contributed by atoms with Crippen LogP contribution in [0.15, 0.2) is 22.5 Å². The molecule has 0 radical (unpaired) electrons. The molecule has 2 aromatic rings. The molecular weight excluding hydrogens is 320 g/mol. The predicted molar refractivity (Wildman–Crippen MR) is 76.8 cm³/mol. The molecule has 0 fully saturated rings. The molecule has 0 aromatic carbocycles. The number of carbonyl (C=O) groups is 1. The summed E-state index contributed by atoms with van der Waals surface area (Å²) in [5, 5.41) is 9.47. The third-order valence-corrected chi connectivity index (χ3v) is 6.53. The van der Waals surface area contributed by atoms with Gasteiger partial charge in [0.1, 0.15) is 14.1 Å². The average Bonchev–Trinajstić information content (AvgIpc) is 3.05. The van der Waals surface area contributed by atoms with Crippen LogP contribution in [0.25, 0.3) is 0 Å². The number of sulfonamides is 1. The van der Waals surface area contributed by atoms with Gasteiger partial charge in [-0.25, -0.2) is 22.9 Å². The summed E-state index contributed by atoms with van der Waals surface area (Å²) >= 11 is 2.18. The molecule has 0 saturated heterocycles. The van der Waals surface area contributed by atoms with Gasteiger partial charge in [0, 0.05) is 11.1 Å². The van der Waals surface area contributed by atoms with E-state index < -0.39 is 16.0 Å². The third kappa shape index (κ3) is 3.42. The molecule has 0 amide bonds. The van der Waals surface area contributed by atoms with E-state index in [1.807, 2.05) is 6.92 Å². The van der Waals surface area contributed by atoms with Crippen LogP contribution in [0.5, 0.6) is 0 Å². The molecule has 0 unspecified atom stereocenters. The Morgan fingerprint density at radius 2 is 2.15 bits per heavy atom. The monoisotopic (exact) mass is 332 g/mol. The molecule has 108 valence electrons. The fourth-order valence-corrected chi connectivity index (χ4v) is 4.47. The van der Waals surface area contributed by atoms with Crippen molar-refractivity contribution in [3.63, 3.8) is 0 Å². The normalized spacial score (nSPS) is 11.7. The fourth-order valence-electron chi connectivity index (χ4n) is 1.40. The first-order valence-corrected chi connectivity index (χ1v) is 8.80.